The monoisotopic (exact) mass is 321 g/mol. The summed E-state index contributed by atoms with van der Waals surface area (Å²) in [6, 6.07) is 6.60. The highest BCUT2D eigenvalue weighted by Crippen LogP contribution is 2.24. The third-order valence-electron chi connectivity index (χ3n) is 3.38. The van der Waals surface area contributed by atoms with Crippen molar-refractivity contribution in [3.05, 3.63) is 45.1 Å². The van der Waals surface area contributed by atoms with E-state index >= 15 is 0 Å². The molecule has 0 saturated carbocycles. The summed E-state index contributed by atoms with van der Waals surface area (Å²) in [5.41, 5.74) is 4.99. The minimum Gasteiger partial charge on any atom is -0.376 e. The lowest BCUT2D eigenvalue weighted by Gasteiger charge is -2.17. The Morgan fingerprint density at radius 1 is 1.42 bits per heavy atom. The van der Waals surface area contributed by atoms with Gasteiger partial charge in [0.2, 0.25) is 0 Å². The smallest absolute Gasteiger partial charge is 0.162 e. The Bertz CT molecular complexity index is 594. The number of fused-ring (bicyclic) bond motifs is 1. The summed E-state index contributed by atoms with van der Waals surface area (Å²) in [5.74, 6) is 0.853. The first-order valence-corrected chi connectivity index (χ1v) is 7.16. The lowest BCUT2D eigenvalue weighted by molar-refractivity contribution is 0.110. The molecule has 100 valence electrons. The number of benzene rings is 1. The highest BCUT2D eigenvalue weighted by atomic mass is 79.9. The standard InChI is InChI=1S/C14H16BrN3O/c1-9-13(15)14(18-17-9)16-7-10-2-3-11-4-5-19-8-12(11)6-10/h2-3,6H,4-5,7-8H2,1H3,(H2,16,17,18). The topological polar surface area (TPSA) is 49.9 Å². The van der Waals surface area contributed by atoms with Crippen LogP contribution in [0.25, 0.3) is 0 Å². The number of rotatable bonds is 3. The van der Waals surface area contributed by atoms with E-state index in [0.29, 0.717) is 0 Å². The molecule has 1 aromatic heterocycles. The number of ether oxygens (including phenoxy) is 1. The van der Waals surface area contributed by atoms with Crippen molar-refractivity contribution in [2.45, 2.75) is 26.5 Å². The van der Waals surface area contributed by atoms with Crippen molar-refractivity contribution in [3.8, 4) is 0 Å². The zero-order valence-corrected chi connectivity index (χ0v) is 12.4. The Hall–Kier alpha value is -1.33. The summed E-state index contributed by atoms with van der Waals surface area (Å²) in [6.45, 7) is 4.31. The van der Waals surface area contributed by atoms with Crippen LogP contribution in [0.2, 0.25) is 0 Å². The molecule has 4 nitrogen and oxygen atoms in total. The van der Waals surface area contributed by atoms with Gasteiger partial charge in [0.1, 0.15) is 0 Å². The summed E-state index contributed by atoms with van der Waals surface area (Å²) in [5, 5.41) is 10.5. The Morgan fingerprint density at radius 3 is 3.11 bits per heavy atom. The van der Waals surface area contributed by atoms with E-state index in [1.807, 2.05) is 6.92 Å². The lowest BCUT2D eigenvalue weighted by Crippen LogP contribution is -2.10. The first-order valence-electron chi connectivity index (χ1n) is 6.37. The van der Waals surface area contributed by atoms with E-state index in [2.05, 4.69) is 49.6 Å². The van der Waals surface area contributed by atoms with Gasteiger partial charge >= 0.3 is 0 Å². The van der Waals surface area contributed by atoms with Crippen LogP contribution >= 0.6 is 15.9 Å². The van der Waals surface area contributed by atoms with Crippen LogP contribution in [0.4, 0.5) is 5.82 Å². The summed E-state index contributed by atoms with van der Waals surface area (Å²) >= 11 is 3.51. The van der Waals surface area contributed by atoms with Crippen molar-refractivity contribution < 1.29 is 4.74 Å². The molecule has 0 fully saturated rings. The van der Waals surface area contributed by atoms with Gasteiger partial charge in [-0.15, -0.1) is 0 Å². The van der Waals surface area contributed by atoms with Gasteiger partial charge in [-0.1, -0.05) is 18.2 Å². The molecule has 0 radical (unpaired) electrons. The van der Waals surface area contributed by atoms with Crippen molar-refractivity contribution in [2.75, 3.05) is 11.9 Å². The minimum absolute atomic E-state index is 0.731. The van der Waals surface area contributed by atoms with Crippen LogP contribution in [0.1, 0.15) is 22.4 Å². The normalized spacial score (nSPS) is 14.2. The molecule has 3 rings (SSSR count). The number of aryl methyl sites for hydroxylation is 1. The number of anilines is 1. The van der Waals surface area contributed by atoms with Crippen LogP contribution in [0.5, 0.6) is 0 Å². The summed E-state index contributed by atoms with van der Waals surface area (Å²) in [4.78, 5) is 0. The van der Waals surface area contributed by atoms with E-state index in [4.69, 9.17) is 4.74 Å². The molecule has 0 bridgehead atoms. The van der Waals surface area contributed by atoms with Gasteiger partial charge in [-0.05, 0) is 46.0 Å². The Balaban J connectivity index is 1.72. The minimum atomic E-state index is 0.731. The summed E-state index contributed by atoms with van der Waals surface area (Å²) in [7, 11) is 0. The summed E-state index contributed by atoms with van der Waals surface area (Å²) < 4.78 is 6.49. The second kappa shape index (κ2) is 5.35. The molecule has 0 atom stereocenters. The van der Waals surface area contributed by atoms with Crippen molar-refractivity contribution >= 4 is 21.7 Å². The van der Waals surface area contributed by atoms with E-state index in [1.165, 1.54) is 16.7 Å². The third-order valence-corrected chi connectivity index (χ3v) is 4.35. The van der Waals surface area contributed by atoms with Crippen LogP contribution in [0, 0.1) is 6.92 Å². The molecule has 0 aliphatic carbocycles. The maximum atomic E-state index is 5.49. The number of hydrogen-bond acceptors (Lipinski definition) is 3. The Kier molecular flexibility index (Phi) is 3.57. The van der Waals surface area contributed by atoms with Crippen LogP contribution in [0.3, 0.4) is 0 Å². The number of hydrogen-bond donors (Lipinski definition) is 2. The molecule has 1 aromatic carbocycles. The van der Waals surface area contributed by atoms with Crippen molar-refractivity contribution in [3.63, 3.8) is 0 Å². The predicted molar refractivity (Wildman–Crippen MR) is 78.2 cm³/mol. The number of halogens is 1. The van der Waals surface area contributed by atoms with Crippen LogP contribution < -0.4 is 5.32 Å². The van der Waals surface area contributed by atoms with Crippen molar-refractivity contribution in [1.29, 1.82) is 0 Å². The number of nitrogens with one attached hydrogen (secondary N) is 2. The molecular formula is C14H16BrN3O. The second-order valence-electron chi connectivity index (χ2n) is 4.77. The molecule has 0 spiro atoms. The molecule has 2 aromatic rings. The predicted octanol–water partition coefficient (Wildman–Crippen LogP) is 3.17. The SMILES string of the molecule is Cc1[nH]nc(NCc2ccc3c(c2)COCC3)c1Br. The van der Waals surface area contributed by atoms with Crippen molar-refractivity contribution in [1.82, 2.24) is 10.2 Å². The van der Waals surface area contributed by atoms with Gasteiger partial charge in [0.25, 0.3) is 0 Å². The average molecular weight is 322 g/mol. The number of aromatic nitrogens is 2. The molecule has 19 heavy (non-hydrogen) atoms. The maximum Gasteiger partial charge on any atom is 0.162 e. The van der Waals surface area contributed by atoms with Gasteiger partial charge in [0.05, 0.1) is 17.7 Å². The maximum absolute atomic E-state index is 5.49. The van der Waals surface area contributed by atoms with Crippen LogP contribution in [-0.2, 0) is 24.3 Å². The summed E-state index contributed by atoms with van der Waals surface area (Å²) in [6.07, 6.45) is 1.02. The molecule has 0 amide bonds. The molecule has 2 heterocycles. The zero-order valence-electron chi connectivity index (χ0n) is 10.8. The third kappa shape index (κ3) is 2.67. The zero-order chi connectivity index (χ0) is 13.2. The van der Waals surface area contributed by atoms with E-state index in [9.17, 15) is 0 Å². The fourth-order valence-corrected chi connectivity index (χ4v) is 2.57. The first kappa shape index (κ1) is 12.7. The number of aromatic amines is 1. The molecule has 0 unspecified atom stereocenters. The lowest BCUT2D eigenvalue weighted by atomic mass is 10.0. The van der Waals surface area contributed by atoms with Gasteiger partial charge in [-0.25, -0.2) is 0 Å². The number of H-pyrrole nitrogens is 1. The highest BCUT2D eigenvalue weighted by molar-refractivity contribution is 9.10. The molecular weight excluding hydrogens is 306 g/mol. The van der Waals surface area contributed by atoms with E-state index in [0.717, 1.165) is 42.2 Å². The highest BCUT2D eigenvalue weighted by Gasteiger charge is 2.10. The molecule has 1 aliphatic heterocycles. The van der Waals surface area contributed by atoms with Gasteiger partial charge in [-0.3, -0.25) is 5.10 Å². The van der Waals surface area contributed by atoms with Gasteiger partial charge in [0.15, 0.2) is 5.82 Å². The van der Waals surface area contributed by atoms with Crippen LogP contribution in [0.15, 0.2) is 22.7 Å². The second-order valence-corrected chi connectivity index (χ2v) is 5.56. The largest absolute Gasteiger partial charge is 0.376 e. The molecule has 5 heteroatoms. The molecule has 0 saturated heterocycles. The van der Waals surface area contributed by atoms with E-state index in [1.54, 1.807) is 0 Å². The first-order chi connectivity index (χ1) is 9.24. The van der Waals surface area contributed by atoms with E-state index in [-0.39, 0.29) is 0 Å². The van der Waals surface area contributed by atoms with Crippen molar-refractivity contribution in [2.24, 2.45) is 0 Å². The fraction of sp³-hybridized carbons (Fsp3) is 0.357. The van der Waals surface area contributed by atoms with Crippen LogP contribution in [-0.4, -0.2) is 16.8 Å². The quantitative estimate of drug-likeness (QED) is 0.913. The van der Waals surface area contributed by atoms with Gasteiger partial charge in [-0.2, -0.15) is 5.10 Å². The number of nitrogens with zero attached hydrogens (tertiary/aromatic N) is 1. The molecule has 1 aliphatic rings. The van der Waals surface area contributed by atoms with Gasteiger partial charge in [0, 0.05) is 12.2 Å². The molecule has 2 N–H and O–H groups in total. The van der Waals surface area contributed by atoms with Gasteiger partial charge < -0.3 is 10.1 Å². The van der Waals surface area contributed by atoms with E-state index < -0.39 is 0 Å². The fourth-order valence-electron chi connectivity index (χ4n) is 2.25. The average Bonchev–Trinajstić information content (AvgIpc) is 2.76. The Labute approximate surface area is 120 Å². The Morgan fingerprint density at radius 2 is 2.32 bits per heavy atom.